The maximum atomic E-state index is 12.2. The molecule has 0 bridgehead atoms. The molecule has 0 aliphatic carbocycles. The van der Waals surface area contributed by atoms with Gasteiger partial charge in [-0.3, -0.25) is 4.79 Å². The number of hydrogen-bond donors (Lipinski definition) is 2. The van der Waals surface area contributed by atoms with Crippen molar-refractivity contribution in [2.24, 2.45) is 5.41 Å². The second-order valence-electron chi connectivity index (χ2n) is 4.64. The predicted octanol–water partition coefficient (Wildman–Crippen LogP) is 1.64. The average molecular weight is 274 g/mol. The molecule has 0 radical (unpaired) electrons. The SMILES string of the molecule is N#CC1(C(=O)Nc2ccc(C(=O)O)cc2)CCOCC1. The van der Waals surface area contributed by atoms with E-state index in [9.17, 15) is 14.9 Å². The second-order valence-corrected chi connectivity index (χ2v) is 4.64. The van der Waals surface area contributed by atoms with E-state index in [1.165, 1.54) is 24.3 Å². The van der Waals surface area contributed by atoms with Crippen molar-refractivity contribution in [1.82, 2.24) is 0 Å². The molecule has 0 spiro atoms. The standard InChI is InChI=1S/C14H14N2O4/c15-9-14(5-7-20-8-6-14)13(19)16-11-3-1-10(2-4-11)12(17)18/h1-4H,5-8H2,(H,16,19)(H,17,18). The molecule has 2 N–H and O–H groups in total. The Morgan fingerprint density at radius 2 is 1.85 bits per heavy atom. The molecule has 1 aliphatic rings. The molecule has 6 nitrogen and oxygen atoms in total. The molecule has 2 rings (SSSR count). The van der Waals surface area contributed by atoms with Crippen molar-refractivity contribution in [3.05, 3.63) is 29.8 Å². The Balaban J connectivity index is 2.10. The number of carbonyl (C=O) groups excluding carboxylic acids is 1. The number of nitriles is 1. The summed E-state index contributed by atoms with van der Waals surface area (Å²) in [6.07, 6.45) is 0.727. The van der Waals surface area contributed by atoms with E-state index in [1.807, 2.05) is 0 Å². The number of nitrogens with one attached hydrogen (secondary N) is 1. The number of hydrogen-bond acceptors (Lipinski definition) is 4. The first-order valence-corrected chi connectivity index (χ1v) is 6.21. The third-order valence-electron chi connectivity index (χ3n) is 3.38. The van der Waals surface area contributed by atoms with Crippen LogP contribution in [0.4, 0.5) is 5.69 Å². The highest BCUT2D eigenvalue weighted by Crippen LogP contribution is 2.31. The van der Waals surface area contributed by atoms with Crippen LogP contribution in [0.25, 0.3) is 0 Å². The lowest BCUT2D eigenvalue weighted by Crippen LogP contribution is -2.39. The molecule has 104 valence electrons. The van der Waals surface area contributed by atoms with Gasteiger partial charge in [0.25, 0.3) is 0 Å². The predicted molar refractivity (Wildman–Crippen MR) is 70.1 cm³/mol. The van der Waals surface area contributed by atoms with Gasteiger partial charge >= 0.3 is 5.97 Å². The van der Waals surface area contributed by atoms with E-state index in [0.717, 1.165) is 0 Å². The van der Waals surface area contributed by atoms with Crippen LogP contribution in [-0.2, 0) is 9.53 Å². The molecule has 1 saturated heterocycles. The Kier molecular flexibility index (Phi) is 4.01. The first-order valence-electron chi connectivity index (χ1n) is 6.21. The van der Waals surface area contributed by atoms with Crippen LogP contribution in [0.15, 0.2) is 24.3 Å². The maximum Gasteiger partial charge on any atom is 0.335 e. The van der Waals surface area contributed by atoms with Gasteiger partial charge in [0.15, 0.2) is 0 Å². The normalized spacial score (nSPS) is 16.9. The van der Waals surface area contributed by atoms with Crippen molar-refractivity contribution in [2.45, 2.75) is 12.8 Å². The van der Waals surface area contributed by atoms with Gasteiger partial charge < -0.3 is 15.2 Å². The summed E-state index contributed by atoms with van der Waals surface area (Å²) in [4.78, 5) is 23.0. The Morgan fingerprint density at radius 3 is 2.35 bits per heavy atom. The molecule has 1 aliphatic heterocycles. The Bertz CT molecular complexity index is 554. The first-order chi connectivity index (χ1) is 9.57. The van der Waals surface area contributed by atoms with Crippen LogP contribution < -0.4 is 5.32 Å². The zero-order chi connectivity index (χ0) is 14.6. The summed E-state index contributed by atoms with van der Waals surface area (Å²) in [5.41, 5.74) is -0.450. The fraction of sp³-hybridized carbons (Fsp3) is 0.357. The maximum absolute atomic E-state index is 12.2. The topological polar surface area (TPSA) is 99.4 Å². The number of anilines is 1. The number of rotatable bonds is 3. The van der Waals surface area contributed by atoms with Crippen LogP contribution in [0, 0.1) is 16.7 Å². The molecule has 1 aromatic rings. The molecule has 1 heterocycles. The van der Waals surface area contributed by atoms with Gasteiger partial charge in [0.1, 0.15) is 5.41 Å². The summed E-state index contributed by atoms with van der Waals surface area (Å²) >= 11 is 0. The zero-order valence-electron chi connectivity index (χ0n) is 10.8. The summed E-state index contributed by atoms with van der Waals surface area (Å²) < 4.78 is 5.17. The van der Waals surface area contributed by atoms with Crippen molar-refractivity contribution in [3.63, 3.8) is 0 Å². The third-order valence-corrected chi connectivity index (χ3v) is 3.38. The molecular formula is C14H14N2O4. The van der Waals surface area contributed by atoms with Crippen molar-refractivity contribution < 1.29 is 19.4 Å². The van der Waals surface area contributed by atoms with Crippen molar-refractivity contribution in [3.8, 4) is 6.07 Å². The molecule has 0 unspecified atom stereocenters. The highest BCUT2D eigenvalue weighted by Gasteiger charge is 2.40. The molecule has 0 atom stereocenters. The van der Waals surface area contributed by atoms with Gasteiger partial charge in [0.2, 0.25) is 5.91 Å². The molecule has 1 fully saturated rings. The largest absolute Gasteiger partial charge is 0.478 e. The minimum absolute atomic E-state index is 0.143. The van der Waals surface area contributed by atoms with Gasteiger partial charge in [-0.05, 0) is 37.1 Å². The number of amides is 1. The van der Waals surface area contributed by atoms with E-state index in [2.05, 4.69) is 11.4 Å². The number of ether oxygens (including phenoxy) is 1. The molecule has 1 aromatic carbocycles. The summed E-state index contributed by atoms with van der Waals surface area (Å²) in [5.74, 6) is -1.40. The highest BCUT2D eigenvalue weighted by molar-refractivity contribution is 5.97. The van der Waals surface area contributed by atoms with Crippen molar-refractivity contribution in [2.75, 3.05) is 18.5 Å². The summed E-state index contributed by atoms with van der Waals surface area (Å²) in [6, 6.07) is 7.90. The van der Waals surface area contributed by atoms with Gasteiger partial charge in [-0.2, -0.15) is 5.26 Å². The van der Waals surface area contributed by atoms with E-state index in [0.29, 0.717) is 31.7 Å². The number of carbonyl (C=O) groups is 2. The van der Waals surface area contributed by atoms with Gasteiger partial charge in [-0.25, -0.2) is 4.79 Å². The number of carboxylic acids is 1. The zero-order valence-corrected chi connectivity index (χ0v) is 10.8. The van der Waals surface area contributed by atoms with Crippen molar-refractivity contribution in [1.29, 1.82) is 5.26 Å². The van der Waals surface area contributed by atoms with Crippen LogP contribution in [0.2, 0.25) is 0 Å². The van der Waals surface area contributed by atoms with E-state index in [1.54, 1.807) is 0 Å². The number of benzene rings is 1. The minimum Gasteiger partial charge on any atom is -0.478 e. The number of carboxylic acid groups (broad SMARTS) is 1. The van der Waals surface area contributed by atoms with E-state index in [4.69, 9.17) is 9.84 Å². The fourth-order valence-corrected chi connectivity index (χ4v) is 2.06. The van der Waals surface area contributed by atoms with E-state index >= 15 is 0 Å². The Labute approximate surface area is 116 Å². The monoisotopic (exact) mass is 274 g/mol. The quantitative estimate of drug-likeness (QED) is 0.872. The van der Waals surface area contributed by atoms with Crippen LogP contribution in [0.1, 0.15) is 23.2 Å². The van der Waals surface area contributed by atoms with Crippen LogP contribution in [-0.4, -0.2) is 30.2 Å². The van der Waals surface area contributed by atoms with E-state index < -0.39 is 11.4 Å². The minimum atomic E-state index is -1.07. The summed E-state index contributed by atoms with van der Waals surface area (Å²) in [7, 11) is 0. The lowest BCUT2D eigenvalue weighted by molar-refractivity contribution is -0.126. The third kappa shape index (κ3) is 2.78. The average Bonchev–Trinajstić information content (AvgIpc) is 2.48. The van der Waals surface area contributed by atoms with Gasteiger partial charge in [-0.15, -0.1) is 0 Å². The first kappa shape index (κ1) is 14.0. The van der Waals surface area contributed by atoms with Crippen LogP contribution in [0.5, 0.6) is 0 Å². The second kappa shape index (κ2) is 5.72. The number of aromatic carboxylic acids is 1. The summed E-state index contributed by atoms with van der Waals surface area (Å²) in [6.45, 7) is 0.776. The van der Waals surface area contributed by atoms with Gasteiger partial charge in [0.05, 0.1) is 11.6 Å². The van der Waals surface area contributed by atoms with E-state index in [-0.39, 0.29) is 11.5 Å². The summed E-state index contributed by atoms with van der Waals surface area (Å²) in [5, 5.41) is 20.7. The lowest BCUT2D eigenvalue weighted by Gasteiger charge is -2.29. The van der Waals surface area contributed by atoms with Crippen molar-refractivity contribution >= 4 is 17.6 Å². The molecule has 0 aromatic heterocycles. The number of nitrogens with zero attached hydrogens (tertiary/aromatic N) is 1. The molecule has 0 saturated carbocycles. The Morgan fingerprint density at radius 1 is 1.25 bits per heavy atom. The van der Waals surface area contributed by atoms with Gasteiger partial charge in [-0.1, -0.05) is 0 Å². The van der Waals surface area contributed by atoms with Crippen LogP contribution in [0.3, 0.4) is 0 Å². The molecule has 6 heteroatoms. The van der Waals surface area contributed by atoms with Crippen LogP contribution >= 0.6 is 0 Å². The molecular weight excluding hydrogens is 260 g/mol. The van der Waals surface area contributed by atoms with Gasteiger partial charge in [0, 0.05) is 18.9 Å². The highest BCUT2D eigenvalue weighted by atomic mass is 16.5. The Hall–Kier alpha value is -2.39. The molecule has 1 amide bonds. The smallest absolute Gasteiger partial charge is 0.335 e. The fourth-order valence-electron chi connectivity index (χ4n) is 2.06. The molecule has 20 heavy (non-hydrogen) atoms. The lowest BCUT2D eigenvalue weighted by atomic mass is 9.81.